The van der Waals surface area contributed by atoms with Crippen molar-refractivity contribution in [2.75, 3.05) is 17.5 Å². The van der Waals surface area contributed by atoms with Crippen LogP contribution in [0.1, 0.15) is 39.3 Å². The first kappa shape index (κ1) is 17.9. The van der Waals surface area contributed by atoms with Gasteiger partial charge in [-0.1, -0.05) is 32.9 Å². The number of hydrogen-bond acceptors (Lipinski definition) is 4. The van der Waals surface area contributed by atoms with Crippen molar-refractivity contribution in [1.82, 2.24) is 5.32 Å². The predicted octanol–water partition coefficient (Wildman–Crippen LogP) is 2.12. The molecular formula is C15H26N2O3S. The molecule has 0 spiro atoms. The maximum absolute atomic E-state index is 11.1. The largest absolute Gasteiger partial charge is 0.391 e. The summed E-state index contributed by atoms with van der Waals surface area (Å²) in [7, 11) is -3.25. The van der Waals surface area contributed by atoms with Crippen LogP contribution in [0.4, 0.5) is 5.69 Å². The lowest BCUT2D eigenvalue weighted by molar-refractivity contribution is 0.0609. The van der Waals surface area contributed by atoms with Gasteiger partial charge in [0.2, 0.25) is 10.0 Å². The van der Waals surface area contributed by atoms with Crippen molar-refractivity contribution in [2.24, 2.45) is 5.41 Å². The fraction of sp³-hybridized carbons (Fsp3) is 0.600. The SMILES string of the molecule is CC(NCC(O)C(C)(C)C)c1ccc(NS(C)(=O)=O)cc1. The van der Waals surface area contributed by atoms with Crippen LogP contribution in [0, 0.1) is 5.41 Å². The Morgan fingerprint density at radius 3 is 2.14 bits per heavy atom. The van der Waals surface area contributed by atoms with Crippen LogP contribution < -0.4 is 10.0 Å². The van der Waals surface area contributed by atoms with Crippen LogP contribution in [0.5, 0.6) is 0 Å². The van der Waals surface area contributed by atoms with Gasteiger partial charge in [-0.3, -0.25) is 4.72 Å². The lowest BCUT2D eigenvalue weighted by Crippen LogP contribution is -2.37. The third-order valence-electron chi connectivity index (χ3n) is 3.33. The van der Waals surface area contributed by atoms with Gasteiger partial charge >= 0.3 is 0 Å². The molecule has 0 bridgehead atoms. The Hall–Kier alpha value is -1.11. The molecule has 0 fully saturated rings. The Labute approximate surface area is 127 Å². The highest BCUT2D eigenvalue weighted by atomic mass is 32.2. The van der Waals surface area contributed by atoms with E-state index in [0.717, 1.165) is 11.8 Å². The molecule has 6 heteroatoms. The molecule has 2 unspecified atom stereocenters. The van der Waals surface area contributed by atoms with Gasteiger partial charge < -0.3 is 10.4 Å². The number of hydrogen-bond donors (Lipinski definition) is 3. The lowest BCUT2D eigenvalue weighted by Gasteiger charge is -2.27. The first-order chi connectivity index (χ1) is 9.49. The second kappa shape index (κ2) is 6.77. The van der Waals surface area contributed by atoms with E-state index in [1.54, 1.807) is 12.1 Å². The van der Waals surface area contributed by atoms with Crippen molar-refractivity contribution in [3.63, 3.8) is 0 Å². The van der Waals surface area contributed by atoms with E-state index < -0.39 is 16.1 Å². The monoisotopic (exact) mass is 314 g/mol. The number of nitrogens with one attached hydrogen (secondary N) is 2. The van der Waals surface area contributed by atoms with Crippen molar-refractivity contribution in [3.05, 3.63) is 29.8 Å². The van der Waals surface area contributed by atoms with Crippen molar-refractivity contribution in [2.45, 2.75) is 39.8 Å². The molecule has 0 aliphatic heterocycles. The molecule has 0 aliphatic carbocycles. The van der Waals surface area contributed by atoms with Gasteiger partial charge in [0, 0.05) is 18.3 Å². The van der Waals surface area contributed by atoms with Crippen molar-refractivity contribution in [1.29, 1.82) is 0 Å². The first-order valence-corrected chi connectivity index (χ1v) is 8.87. The molecule has 1 rings (SSSR count). The van der Waals surface area contributed by atoms with Crippen molar-refractivity contribution < 1.29 is 13.5 Å². The van der Waals surface area contributed by atoms with Crippen LogP contribution in [0.25, 0.3) is 0 Å². The van der Waals surface area contributed by atoms with Gasteiger partial charge in [-0.25, -0.2) is 8.42 Å². The molecule has 0 saturated heterocycles. The topological polar surface area (TPSA) is 78.4 Å². The Bertz CT molecular complexity index is 547. The minimum atomic E-state index is -3.25. The average Bonchev–Trinajstić information content (AvgIpc) is 2.33. The molecule has 5 nitrogen and oxygen atoms in total. The van der Waals surface area contributed by atoms with Gasteiger partial charge in [-0.2, -0.15) is 0 Å². The maximum atomic E-state index is 11.1. The Kier molecular flexibility index (Phi) is 5.78. The van der Waals surface area contributed by atoms with Gasteiger partial charge in [0.05, 0.1) is 12.4 Å². The molecule has 120 valence electrons. The highest BCUT2D eigenvalue weighted by Crippen LogP contribution is 2.20. The summed E-state index contributed by atoms with van der Waals surface area (Å²) in [5.41, 5.74) is 1.43. The van der Waals surface area contributed by atoms with E-state index in [0.29, 0.717) is 12.2 Å². The van der Waals surface area contributed by atoms with Gasteiger partial charge in [0.25, 0.3) is 0 Å². The van der Waals surface area contributed by atoms with Crippen LogP contribution in [0.2, 0.25) is 0 Å². The average molecular weight is 314 g/mol. The molecule has 1 aromatic rings. The Balaban J connectivity index is 2.61. The molecule has 0 aliphatic rings. The fourth-order valence-electron chi connectivity index (χ4n) is 1.77. The zero-order valence-electron chi connectivity index (χ0n) is 13.3. The minimum absolute atomic E-state index is 0.0780. The van der Waals surface area contributed by atoms with Crippen LogP contribution in [0.3, 0.4) is 0 Å². The molecule has 0 radical (unpaired) electrons. The molecule has 0 amide bonds. The molecule has 0 aromatic heterocycles. The summed E-state index contributed by atoms with van der Waals surface area (Å²) in [4.78, 5) is 0. The Morgan fingerprint density at radius 2 is 1.71 bits per heavy atom. The van der Waals surface area contributed by atoms with Crippen LogP contribution in [0.15, 0.2) is 24.3 Å². The summed E-state index contributed by atoms with van der Waals surface area (Å²) >= 11 is 0. The standard InChI is InChI=1S/C15H26N2O3S/c1-11(16-10-14(18)15(2,3)4)12-6-8-13(9-7-12)17-21(5,19)20/h6-9,11,14,16-18H,10H2,1-5H3. The van der Waals surface area contributed by atoms with Gasteiger partial charge in [-0.15, -0.1) is 0 Å². The summed E-state index contributed by atoms with van der Waals surface area (Å²) in [5, 5.41) is 13.3. The Morgan fingerprint density at radius 1 is 1.19 bits per heavy atom. The normalized spacial score (nSPS) is 15.5. The van der Waals surface area contributed by atoms with Crippen LogP contribution in [-0.2, 0) is 10.0 Å². The summed E-state index contributed by atoms with van der Waals surface area (Å²) in [6, 6.07) is 7.28. The van der Waals surface area contributed by atoms with Crippen LogP contribution >= 0.6 is 0 Å². The fourth-order valence-corrected chi connectivity index (χ4v) is 2.33. The number of rotatable bonds is 6. The second-order valence-electron chi connectivity index (χ2n) is 6.51. The predicted molar refractivity (Wildman–Crippen MR) is 86.8 cm³/mol. The molecule has 0 saturated carbocycles. The first-order valence-electron chi connectivity index (χ1n) is 6.98. The van der Waals surface area contributed by atoms with E-state index in [9.17, 15) is 13.5 Å². The van der Waals surface area contributed by atoms with Gasteiger partial charge in [-0.05, 0) is 30.0 Å². The van der Waals surface area contributed by atoms with E-state index in [4.69, 9.17) is 0 Å². The molecule has 0 heterocycles. The minimum Gasteiger partial charge on any atom is -0.391 e. The zero-order valence-corrected chi connectivity index (χ0v) is 14.2. The number of sulfonamides is 1. The van der Waals surface area contributed by atoms with E-state index in [1.165, 1.54) is 0 Å². The molecular weight excluding hydrogens is 288 g/mol. The van der Waals surface area contributed by atoms with Crippen molar-refractivity contribution in [3.8, 4) is 0 Å². The summed E-state index contributed by atoms with van der Waals surface area (Å²) in [6.45, 7) is 8.50. The smallest absolute Gasteiger partial charge is 0.229 e. The second-order valence-corrected chi connectivity index (χ2v) is 8.26. The zero-order chi connectivity index (χ0) is 16.3. The van der Waals surface area contributed by atoms with Crippen LogP contribution in [-0.4, -0.2) is 32.4 Å². The highest BCUT2D eigenvalue weighted by Gasteiger charge is 2.22. The molecule has 3 N–H and O–H groups in total. The molecule has 1 aromatic carbocycles. The molecule has 21 heavy (non-hydrogen) atoms. The third kappa shape index (κ3) is 6.46. The van der Waals surface area contributed by atoms with Crippen molar-refractivity contribution >= 4 is 15.7 Å². The van der Waals surface area contributed by atoms with E-state index in [-0.39, 0.29) is 11.5 Å². The summed E-state index contributed by atoms with van der Waals surface area (Å²) in [5.74, 6) is 0. The molecule has 2 atom stereocenters. The number of aliphatic hydroxyl groups excluding tert-OH is 1. The van der Waals surface area contributed by atoms with Gasteiger partial charge in [0.1, 0.15) is 0 Å². The summed E-state index contributed by atoms with van der Waals surface area (Å²) < 4.78 is 24.7. The maximum Gasteiger partial charge on any atom is 0.229 e. The summed E-state index contributed by atoms with van der Waals surface area (Å²) in [6.07, 6.45) is 0.699. The number of benzene rings is 1. The van der Waals surface area contributed by atoms with E-state index >= 15 is 0 Å². The van der Waals surface area contributed by atoms with E-state index in [2.05, 4.69) is 10.0 Å². The van der Waals surface area contributed by atoms with Gasteiger partial charge in [0.15, 0.2) is 0 Å². The lowest BCUT2D eigenvalue weighted by atomic mass is 9.89. The number of anilines is 1. The third-order valence-corrected chi connectivity index (χ3v) is 3.94. The number of aliphatic hydroxyl groups is 1. The van der Waals surface area contributed by atoms with E-state index in [1.807, 2.05) is 39.8 Å². The highest BCUT2D eigenvalue weighted by molar-refractivity contribution is 7.92. The quantitative estimate of drug-likeness (QED) is 0.751.